The van der Waals surface area contributed by atoms with Gasteiger partial charge in [0.15, 0.2) is 0 Å². The van der Waals surface area contributed by atoms with Crippen LogP contribution in [-0.2, 0) is 0 Å². The minimum absolute atomic E-state index is 0.00306. The average molecular weight is 315 g/mol. The summed E-state index contributed by atoms with van der Waals surface area (Å²) in [4.78, 5) is 0. The second kappa shape index (κ2) is 5.10. The minimum atomic E-state index is -0.00306. The van der Waals surface area contributed by atoms with Crippen LogP contribution in [0, 0.1) is 40.4 Å². The monoisotopic (exact) mass is 314 g/mol. The first kappa shape index (κ1) is 15.0. The molecule has 0 saturated heterocycles. The number of allylic oxidation sites excluding steroid dienone is 2. The Hall–Kier alpha value is -0.300. The van der Waals surface area contributed by atoms with Crippen LogP contribution in [0.5, 0.6) is 0 Å². The summed E-state index contributed by atoms with van der Waals surface area (Å²) in [7, 11) is 0. The van der Waals surface area contributed by atoms with Crippen LogP contribution in [0.1, 0.15) is 77.6 Å². The van der Waals surface area contributed by atoms with Crippen molar-refractivity contribution in [1.29, 1.82) is 0 Å². The average Bonchev–Trinajstić information content (AvgIpc) is 2.95. The van der Waals surface area contributed by atoms with Crippen molar-refractivity contribution in [3.05, 3.63) is 12.2 Å². The standard InChI is InChI=1S/C22H34O/c1-21-12-9-17(23)14-16(21)5-7-18-19(21)10-13-22-11-3-2-4-15(22)6-8-20(18)22/h3,11,15-20,23H,2,4-10,12-14H2,1H3/t15-,16-,17+,18?,19?,20?,21-,22+/m0/s1. The van der Waals surface area contributed by atoms with E-state index >= 15 is 0 Å². The third-order valence-electron chi connectivity index (χ3n) is 9.51. The first-order valence-electron chi connectivity index (χ1n) is 10.5. The van der Waals surface area contributed by atoms with Gasteiger partial charge in [0, 0.05) is 0 Å². The van der Waals surface area contributed by atoms with E-state index in [1.165, 1.54) is 57.8 Å². The van der Waals surface area contributed by atoms with Crippen molar-refractivity contribution in [2.24, 2.45) is 40.4 Å². The van der Waals surface area contributed by atoms with Gasteiger partial charge in [0.2, 0.25) is 0 Å². The van der Waals surface area contributed by atoms with Crippen molar-refractivity contribution in [3.8, 4) is 0 Å². The van der Waals surface area contributed by atoms with Gasteiger partial charge in [-0.25, -0.2) is 0 Å². The molecule has 5 aliphatic rings. The Bertz CT molecular complexity index is 510. The zero-order valence-electron chi connectivity index (χ0n) is 14.8. The first-order valence-corrected chi connectivity index (χ1v) is 10.5. The third kappa shape index (κ3) is 1.95. The molecule has 1 spiro atoms. The van der Waals surface area contributed by atoms with Gasteiger partial charge < -0.3 is 5.11 Å². The molecule has 0 aliphatic heterocycles. The van der Waals surface area contributed by atoms with Gasteiger partial charge in [-0.3, -0.25) is 0 Å². The molecule has 5 rings (SSSR count). The van der Waals surface area contributed by atoms with Gasteiger partial charge >= 0.3 is 0 Å². The summed E-state index contributed by atoms with van der Waals surface area (Å²) in [6, 6.07) is 0. The summed E-state index contributed by atoms with van der Waals surface area (Å²) in [5.74, 6) is 4.76. The molecule has 23 heavy (non-hydrogen) atoms. The number of hydrogen-bond acceptors (Lipinski definition) is 1. The van der Waals surface area contributed by atoms with E-state index in [0.29, 0.717) is 10.8 Å². The van der Waals surface area contributed by atoms with Crippen LogP contribution >= 0.6 is 0 Å². The second-order valence-corrected chi connectivity index (χ2v) is 9.99. The molecule has 0 aromatic rings. The maximum absolute atomic E-state index is 10.2. The maximum atomic E-state index is 10.2. The summed E-state index contributed by atoms with van der Waals surface area (Å²) in [6.07, 6.45) is 20.3. The Morgan fingerprint density at radius 2 is 1.74 bits per heavy atom. The van der Waals surface area contributed by atoms with Crippen LogP contribution in [0.4, 0.5) is 0 Å². The van der Waals surface area contributed by atoms with Crippen molar-refractivity contribution < 1.29 is 5.11 Å². The molecule has 1 N–H and O–H groups in total. The van der Waals surface area contributed by atoms with E-state index in [1.54, 1.807) is 0 Å². The number of hydrogen-bond donors (Lipinski definition) is 1. The van der Waals surface area contributed by atoms with Crippen LogP contribution in [0.2, 0.25) is 0 Å². The van der Waals surface area contributed by atoms with E-state index in [9.17, 15) is 5.11 Å². The van der Waals surface area contributed by atoms with Crippen LogP contribution in [0.15, 0.2) is 12.2 Å². The number of aliphatic hydroxyl groups is 1. The number of aliphatic hydroxyl groups excluding tert-OH is 1. The molecule has 0 radical (unpaired) electrons. The van der Waals surface area contributed by atoms with E-state index in [2.05, 4.69) is 19.1 Å². The molecule has 128 valence electrons. The lowest BCUT2D eigenvalue weighted by Gasteiger charge is -2.61. The van der Waals surface area contributed by atoms with Gasteiger partial charge in [-0.15, -0.1) is 0 Å². The van der Waals surface area contributed by atoms with Crippen molar-refractivity contribution in [3.63, 3.8) is 0 Å². The molecule has 3 unspecified atom stereocenters. The van der Waals surface area contributed by atoms with Crippen LogP contribution < -0.4 is 0 Å². The van der Waals surface area contributed by atoms with E-state index < -0.39 is 0 Å². The van der Waals surface area contributed by atoms with Gasteiger partial charge in [-0.1, -0.05) is 19.1 Å². The summed E-state index contributed by atoms with van der Waals surface area (Å²) < 4.78 is 0. The summed E-state index contributed by atoms with van der Waals surface area (Å²) in [5, 5.41) is 10.2. The Morgan fingerprint density at radius 1 is 0.870 bits per heavy atom. The molecule has 1 heteroatoms. The molecule has 0 aromatic heterocycles. The van der Waals surface area contributed by atoms with Gasteiger partial charge in [0.25, 0.3) is 0 Å². The SMILES string of the molecule is C[C@]12CC[C@@H](O)C[C@@H]1CCC1C3CC[C@@H]4CCC=C[C@]34CCC12. The molecular formula is C22H34O. The summed E-state index contributed by atoms with van der Waals surface area (Å²) >= 11 is 0. The predicted molar refractivity (Wildman–Crippen MR) is 93.9 cm³/mol. The van der Waals surface area contributed by atoms with Gasteiger partial charge in [-0.05, 0) is 111 Å². The highest BCUT2D eigenvalue weighted by Gasteiger charge is 2.60. The van der Waals surface area contributed by atoms with Gasteiger partial charge in [0.1, 0.15) is 0 Å². The zero-order chi connectivity index (χ0) is 15.7. The minimum Gasteiger partial charge on any atom is -0.393 e. The fourth-order valence-electron chi connectivity index (χ4n) is 8.43. The van der Waals surface area contributed by atoms with E-state index in [1.807, 2.05) is 0 Å². The second-order valence-electron chi connectivity index (χ2n) is 9.99. The third-order valence-corrected chi connectivity index (χ3v) is 9.51. The van der Waals surface area contributed by atoms with Gasteiger partial charge in [-0.2, -0.15) is 0 Å². The highest BCUT2D eigenvalue weighted by Crippen LogP contribution is 2.69. The first-order chi connectivity index (χ1) is 11.1. The van der Waals surface area contributed by atoms with Crippen LogP contribution in [0.3, 0.4) is 0 Å². The fourth-order valence-corrected chi connectivity index (χ4v) is 8.43. The molecular weight excluding hydrogens is 280 g/mol. The van der Waals surface area contributed by atoms with E-state index in [-0.39, 0.29) is 6.10 Å². The van der Waals surface area contributed by atoms with E-state index in [0.717, 1.165) is 42.4 Å². The Balaban J connectivity index is 1.47. The lowest BCUT2D eigenvalue weighted by Crippen LogP contribution is -2.54. The Labute approximate surface area is 141 Å². The van der Waals surface area contributed by atoms with Crippen molar-refractivity contribution in [2.75, 3.05) is 0 Å². The molecule has 4 fully saturated rings. The molecule has 0 aromatic carbocycles. The number of fused-ring (bicyclic) bond motifs is 4. The lowest BCUT2D eigenvalue weighted by molar-refractivity contribution is -0.121. The molecule has 5 aliphatic carbocycles. The quantitative estimate of drug-likeness (QED) is 0.599. The normalized spacial score (nSPS) is 58.0. The van der Waals surface area contributed by atoms with Crippen molar-refractivity contribution >= 4 is 0 Å². The topological polar surface area (TPSA) is 20.2 Å². The molecule has 4 saturated carbocycles. The number of rotatable bonds is 0. The van der Waals surface area contributed by atoms with Crippen molar-refractivity contribution in [2.45, 2.75) is 83.7 Å². The highest BCUT2D eigenvalue weighted by atomic mass is 16.3. The molecule has 0 amide bonds. The van der Waals surface area contributed by atoms with Crippen LogP contribution in [0.25, 0.3) is 0 Å². The van der Waals surface area contributed by atoms with Crippen molar-refractivity contribution in [1.82, 2.24) is 0 Å². The molecule has 8 atom stereocenters. The van der Waals surface area contributed by atoms with Gasteiger partial charge in [0.05, 0.1) is 6.10 Å². The summed E-state index contributed by atoms with van der Waals surface area (Å²) in [6.45, 7) is 2.61. The van der Waals surface area contributed by atoms with Crippen LogP contribution in [-0.4, -0.2) is 11.2 Å². The fraction of sp³-hybridized carbons (Fsp3) is 0.909. The Kier molecular flexibility index (Phi) is 3.32. The summed E-state index contributed by atoms with van der Waals surface area (Å²) in [5.41, 5.74) is 1.15. The Morgan fingerprint density at radius 3 is 2.65 bits per heavy atom. The highest BCUT2D eigenvalue weighted by molar-refractivity contribution is 5.18. The lowest BCUT2D eigenvalue weighted by atomic mass is 9.44. The molecule has 1 nitrogen and oxygen atoms in total. The zero-order valence-corrected chi connectivity index (χ0v) is 14.8. The van der Waals surface area contributed by atoms with E-state index in [4.69, 9.17) is 0 Å². The molecule has 0 heterocycles. The largest absolute Gasteiger partial charge is 0.393 e. The molecule has 0 bridgehead atoms. The smallest absolute Gasteiger partial charge is 0.0543 e. The predicted octanol–water partition coefficient (Wildman–Crippen LogP) is 5.34. The maximum Gasteiger partial charge on any atom is 0.0543 e.